The number of halogens is 1. The number of hydrogen-bond donors (Lipinski definition) is 1. The molecule has 0 bridgehead atoms. The smallest absolute Gasteiger partial charge is 0.235 e. The first kappa shape index (κ1) is 16.2. The van der Waals surface area contributed by atoms with E-state index in [2.05, 4.69) is 44.3 Å². The third-order valence-corrected chi connectivity index (χ3v) is 4.74. The Kier molecular flexibility index (Phi) is 4.55. The van der Waals surface area contributed by atoms with Gasteiger partial charge < -0.3 is 10.2 Å². The second kappa shape index (κ2) is 6.46. The summed E-state index contributed by atoms with van der Waals surface area (Å²) in [6.45, 7) is 0.862. The monoisotopic (exact) mass is 372 g/mol. The SMILES string of the molecule is CN(C)Cc1cccc(NC(=O)C2(c3cccc(Br)c3)CC2)c1. The first-order valence-electron chi connectivity index (χ1n) is 7.81. The Labute approximate surface area is 145 Å². The Morgan fingerprint density at radius 3 is 2.57 bits per heavy atom. The van der Waals surface area contributed by atoms with Gasteiger partial charge in [0, 0.05) is 16.7 Å². The summed E-state index contributed by atoms with van der Waals surface area (Å²) in [5, 5.41) is 3.10. The number of amides is 1. The minimum absolute atomic E-state index is 0.0950. The van der Waals surface area contributed by atoms with Gasteiger partial charge in [0.15, 0.2) is 0 Å². The van der Waals surface area contributed by atoms with Crippen LogP contribution in [0.5, 0.6) is 0 Å². The van der Waals surface area contributed by atoms with Crippen molar-refractivity contribution >= 4 is 27.5 Å². The number of hydrogen-bond acceptors (Lipinski definition) is 2. The highest BCUT2D eigenvalue weighted by Gasteiger charge is 2.51. The normalized spacial score (nSPS) is 15.5. The van der Waals surface area contributed by atoms with E-state index in [1.165, 1.54) is 5.56 Å². The highest BCUT2D eigenvalue weighted by atomic mass is 79.9. The lowest BCUT2D eigenvalue weighted by Gasteiger charge is -2.17. The number of nitrogens with one attached hydrogen (secondary N) is 1. The maximum Gasteiger partial charge on any atom is 0.235 e. The molecule has 0 atom stereocenters. The van der Waals surface area contributed by atoms with E-state index < -0.39 is 0 Å². The Balaban J connectivity index is 1.77. The molecule has 1 aliphatic rings. The van der Waals surface area contributed by atoms with Crippen molar-refractivity contribution in [1.82, 2.24) is 4.90 Å². The predicted octanol–water partition coefficient (Wildman–Crippen LogP) is 4.18. The Hall–Kier alpha value is -1.65. The summed E-state index contributed by atoms with van der Waals surface area (Å²) < 4.78 is 1.02. The van der Waals surface area contributed by atoms with Crippen LogP contribution >= 0.6 is 15.9 Å². The van der Waals surface area contributed by atoms with Gasteiger partial charge >= 0.3 is 0 Å². The molecular formula is C19H21BrN2O. The highest BCUT2D eigenvalue weighted by molar-refractivity contribution is 9.10. The average molecular weight is 373 g/mol. The fraction of sp³-hybridized carbons (Fsp3) is 0.316. The fourth-order valence-corrected chi connectivity index (χ4v) is 3.32. The molecule has 1 aliphatic carbocycles. The summed E-state index contributed by atoms with van der Waals surface area (Å²) >= 11 is 3.49. The minimum atomic E-state index is -0.360. The second-order valence-electron chi connectivity index (χ2n) is 6.48. The van der Waals surface area contributed by atoms with Crippen LogP contribution in [0.2, 0.25) is 0 Å². The van der Waals surface area contributed by atoms with Crippen molar-refractivity contribution in [3.8, 4) is 0 Å². The Morgan fingerprint density at radius 2 is 1.91 bits per heavy atom. The van der Waals surface area contributed by atoms with Crippen LogP contribution in [0.3, 0.4) is 0 Å². The molecule has 1 saturated carbocycles. The molecule has 0 unspecified atom stereocenters. The van der Waals surface area contributed by atoms with Gasteiger partial charge in [0.2, 0.25) is 5.91 Å². The van der Waals surface area contributed by atoms with E-state index in [-0.39, 0.29) is 11.3 Å². The fourth-order valence-electron chi connectivity index (χ4n) is 2.92. The molecule has 0 aliphatic heterocycles. The molecule has 0 saturated heterocycles. The van der Waals surface area contributed by atoms with Crippen LogP contribution in [0.15, 0.2) is 53.0 Å². The standard InChI is InChI=1S/C19H21BrN2O/c1-22(2)13-14-5-3-8-17(11-14)21-18(23)19(9-10-19)15-6-4-7-16(20)12-15/h3-8,11-12H,9-10,13H2,1-2H3,(H,21,23). The van der Waals surface area contributed by atoms with Crippen molar-refractivity contribution in [3.05, 3.63) is 64.1 Å². The summed E-state index contributed by atoms with van der Waals surface area (Å²) in [5.74, 6) is 0.0950. The topological polar surface area (TPSA) is 32.3 Å². The van der Waals surface area contributed by atoms with Crippen LogP contribution in [0.25, 0.3) is 0 Å². The third kappa shape index (κ3) is 3.65. The molecule has 23 heavy (non-hydrogen) atoms. The lowest BCUT2D eigenvalue weighted by atomic mass is 9.95. The summed E-state index contributed by atoms with van der Waals surface area (Å²) in [7, 11) is 4.08. The summed E-state index contributed by atoms with van der Waals surface area (Å²) in [6, 6.07) is 16.1. The number of rotatable bonds is 5. The van der Waals surface area contributed by atoms with Crippen LogP contribution in [0.4, 0.5) is 5.69 Å². The highest BCUT2D eigenvalue weighted by Crippen LogP contribution is 2.49. The molecule has 0 heterocycles. The van der Waals surface area contributed by atoms with E-state index >= 15 is 0 Å². The second-order valence-corrected chi connectivity index (χ2v) is 7.40. The maximum atomic E-state index is 12.8. The molecule has 0 spiro atoms. The van der Waals surface area contributed by atoms with Crippen LogP contribution in [-0.2, 0) is 16.8 Å². The zero-order valence-corrected chi connectivity index (χ0v) is 15.1. The van der Waals surface area contributed by atoms with Crippen LogP contribution in [0.1, 0.15) is 24.0 Å². The average Bonchev–Trinajstić information content (AvgIpc) is 3.28. The molecule has 1 amide bonds. The molecule has 2 aromatic rings. The molecule has 1 N–H and O–H groups in total. The molecule has 2 aromatic carbocycles. The van der Waals surface area contributed by atoms with Crippen molar-refractivity contribution in [3.63, 3.8) is 0 Å². The third-order valence-electron chi connectivity index (χ3n) is 4.25. The van der Waals surface area contributed by atoms with Crippen molar-refractivity contribution in [2.45, 2.75) is 24.8 Å². The van der Waals surface area contributed by atoms with Crippen LogP contribution in [0, 0.1) is 0 Å². The zero-order valence-electron chi connectivity index (χ0n) is 13.5. The first-order valence-corrected chi connectivity index (χ1v) is 8.60. The van der Waals surface area contributed by atoms with Gasteiger partial charge in [0.25, 0.3) is 0 Å². The number of anilines is 1. The summed E-state index contributed by atoms with van der Waals surface area (Å²) in [6.07, 6.45) is 1.82. The van der Waals surface area contributed by atoms with Crippen LogP contribution < -0.4 is 5.32 Å². The van der Waals surface area contributed by atoms with E-state index in [4.69, 9.17) is 0 Å². The quantitative estimate of drug-likeness (QED) is 0.853. The van der Waals surface area contributed by atoms with Crippen LogP contribution in [-0.4, -0.2) is 24.9 Å². The van der Waals surface area contributed by atoms with Gasteiger partial charge in [-0.25, -0.2) is 0 Å². The summed E-state index contributed by atoms with van der Waals surface area (Å²) in [5.41, 5.74) is 2.80. The zero-order chi connectivity index (χ0) is 16.4. The van der Waals surface area contributed by atoms with Gasteiger partial charge in [0.1, 0.15) is 0 Å². The maximum absolute atomic E-state index is 12.8. The van der Waals surface area contributed by atoms with Gasteiger partial charge in [-0.1, -0.05) is 40.2 Å². The van der Waals surface area contributed by atoms with Crippen molar-refractivity contribution in [2.24, 2.45) is 0 Å². The molecule has 3 rings (SSSR count). The number of nitrogens with zero attached hydrogens (tertiary/aromatic N) is 1. The van der Waals surface area contributed by atoms with Crippen molar-refractivity contribution in [2.75, 3.05) is 19.4 Å². The minimum Gasteiger partial charge on any atom is -0.325 e. The van der Waals surface area contributed by atoms with E-state index in [1.807, 2.05) is 44.4 Å². The van der Waals surface area contributed by atoms with Gasteiger partial charge in [-0.3, -0.25) is 4.79 Å². The number of carbonyl (C=O) groups is 1. The van der Waals surface area contributed by atoms with E-state index in [1.54, 1.807) is 0 Å². The lowest BCUT2D eigenvalue weighted by Crippen LogP contribution is -2.27. The molecule has 0 radical (unpaired) electrons. The largest absolute Gasteiger partial charge is 0.325 e. The lowest BCUT2D eigenvalue weighted by molar-refractivity contribution is -0.118. The molecular weight excluding hydrogens is 352 g/mol. The number of benzene rings is 2. The molecule has 3 nitrogen and oxygen atoms in total. The van der Waals surface area contributed by atoms with Gasteiger partial charge in [-0.2, -0.15) is 0 Å². The van der Waals surface area contributed by atoms with E-state index in [0.29, 0.717) is 0 Å². The van der Waals surface area contributed by atoms with Gasteiger partial charge in [0.05, 0.1) is 5.41 Å². The molecule has 4 heteroatoms. The summed E-state index contributed by atoms with van der Waals surface area (Å²) in [4.78, 5) is 14.9. The molecule has 1 fully saturated rings. The van der Waals surface area contributed by atoms with Gasteiger partial charge in [-0.05, 0) is 62.3 Å². The van der Waals surface area contributed by atoms with E-state index in [9.17, 15) is 4.79 Å². The predicted molar refractivity (Wildman–Crippen MR) is 97.5 cm³/mol. The van der Waals surface area contributed by atoms with Crippen molar-refractivity contribution < 1.29 is 4.79 Å². The Bertz CT molecular complexity index is 723. The van der Waals surface area contributed by atoms with Gasteiger partial charge in [-0.15, -0.1) is 0 Å². The number of carbonyl (C=O) groups excluding carboxylic acids is 1. The van der Waals surface area contributed by atoms with Crippen molar-refractivity contribution in [1.29, 1.82) is 0 Å². The van der Waals surface area contributed by atoms with E-state index in [0.717, 1.165) is 35.1 Å². The Morgan fingerprint density at radius 1 is 1.17 bits per heavy atom. The molecule has 120 valence electrons. The molecule has 0 aromatic heterocycles. The first-order chi connectivity index (χ1) is 11.0.